The topological polar surface area (TPSA) is 40.7 Å². The molecule has 0 aromatic carbocycles. The van der Waals surface area contributed by atoms with Crippen molar-refractivity contribution in [3.63, 3.8) is 0 Å². The summed E-state index contributed by atoms with van der Waals surface area (Å²) < 4.78 is 0. The molecular formula is C13H23N3. The molecule has 1 aromatic rings. The summed E-state index contributed by atoms with van der Waals surface area (Å²) in [5, 5.41) is 10.8. The summed E-state index contributed by atoms with van der Waals surface area (Å²) in [7, 11) is 0. The van der Waals surface area contributed by atoms with E-state index in [0.717, 1.165) is 30.7 Å². The van der Waals surface area contributed by atoms with Gasteiger partial charge in [0.2, 0.25) is 0 Å². The third kappa shape index (κ3) is 4.62. The van der Waals surface area contributed by atoms with Gasteiger partial charge >= 0.3 is 0 Å². The van der Waals surface area contributed by atoms with Gasteiger partial charge in [0, 0.05) is 24.2 Å². The zero-order valence-corrected chi connectivity index (χ0v) is 10.6. The van der Waals surface area contributed by atoms with E-state index in [1.807, 2.05) is 13.0 Å². The minimum Gasteiger partial charge on any atom is -0.311 e. The minimum atomic E-state index is 0.461. The minimum absolute atomic E-state index is 0.461. The van der Waals surface area contributed by atoms with E-state index in [1.165, 1.54) is 0 Å². The molecule has 0 saturated carbocycles. The lowest BCUT2D eigenvalue weighted by atomic mass is 10.1. The Kier molecular flexibility index (Phi) is 5.26. The molecular weight excluding hydrogens is 198 g/mol. The summed E-state index contributed by atoms with van der Waals surface area (Å²) in [6, 6.07) is 3.10. The van der Waals surface area contributed by atoms with Crippen molar-refractivity contribution in [3.05, 3.63) is 30.1 Å². The van der Waals surface area contributed by atoms with Crippen molar-refractivity contribution in [1.82, 2.24) is 15.5 Å². The second kappa shape index (κ2) is 6.48. The average molecular weight is 221 g/mol. The maximum atomic E-state index is 4.24. The molecule has 90 valence electrons. The molecule has 0 amide bonds. The molecule has 0 saturated heterocycles. The van der Waals surface area contributed by atoms with Gasteiger partial charge < -0.3 is 5.32 Å². The number of aryl methyl sites for hydroxylation is 1. The Bertz CT molecular complexity index is 317. The largest absolute Gasteiger partial charge is 0.311 e. The number of aromatic amines is 1. The highest BCUT2D eigenvalue weighted by atomic mass is 15.1. The molecule has 0 fully saturated rings. The number of allylic oxidation sites excluding steroid dienone is 1. The first-order chi connectivity index (χ1) is 7.61. The standard InChI is InChI=1S/C13H23N3/c1-5-6-7-10(2)14-11(3)8-13-9-12(4)15-16-13/h5,9-11,14H,1,6-8H2,2-4H3,(H,15,16). The van der Waals surface area contributed by atoms with E-state index >= 15 is 0 Å². The van der Waals surface area contributed by atoms with Crippen molar-refractivity contribution in [2.24, 2.45) is 0 Å². The highest BCUT2D eigenvalue weighted by molar-refractivity contribution is 5.07. The van der Waals surface area contributed by atoms with E-state index in [-0.39, 0.29) is 0 Å². The molecule has 3 nitrogen and oxygen atoms in total. The van der Waals surface area contributed by atoms with E-state index in [2.05, 4.69) is 42.0 Å². The van der Waals surface area contributed by atoms with Crippen LogP contribution in [0.5, 0.6) is 0 Å². The van der Waals surface area contributed by atoms with Crippen LogP contribution in [0, 0.1) is 6.92 Å². The fraction of sp³-hybridized carbons (Fsp3) is 0.615. The Morgan fingerprint density at radius 3 is 2.81 bits per heavy atom. The van der Waals surface area contributed by atoms with Crippen molar-refractivity contribution in [1.29, 1.82) is 0 Å². The van der Waals surface area contributed by atoms with Crippen LogP contribution in [0.2, 0.25) is 0 Å². The van der Waals surface area contributed by atoms with Gasteiger partial charge in [0.15, 0.2) is 0 Å². The molecule has 2 atom stereocenters. The molecule has 1 heterocycles. The first kappa shape index (κ1) is 13.0. The first-order valence-electron chi connectivity index (χ1n) is 5.99. The predicted molar refractivity (Wildman–Crippen MR) is 68.5 cm³/mol. The summed E-state index contributed by atoms with van der Waals surface area (Å²) in [5.74, 6) is 0. The highest BCUT2D eigenvalue weighted by Crippen LogP contribution is 2.04. The summed E-state index contributed by atoms with van der Waals surface area (Å²) in [6.45, 7) is 10.2. The number of hydrogen-bond acceptors (Lipinski definition) is 2. The molecule has 1 aromatic heterocycles. The number of nitrogens with zero attached hydrogens (tertiary/aromatic N) is 1. The predicted octanol–water partition coefficient (Wildman–Crippen LogP) is 2.59. The third-order valence-corrected chi connectivity index (χ3v) is 2.65. The van der Waals surface area contributed by atoms with E-state index in [0.29, 0.717) is 12.1 Å². The van der Waals surface area contributed by atoms with Crippen molar-refractivity contribution >= 4 is 0 Å². The Morgan fingerprint density at radius 2 is 2.25 bits per heavy atom. The zero-order chi connectivity index (χ0) is 12.0. The van der Waals surface area contributed by atoms with Crippen LogP contribution in [-0.2, 0) is 6.42 Å². The summed E-state index contributed by atoms with van der Waals surface area (Å²) in [6.07, 6.45) is 5.17. The Balaban J connectivity index is 2.29. The molecule has 16 heavy (non-hydrogen) atoms. The molecule has 2 N–H and O–H groups in total. The highest BCUT2D eigenvalue weighted by Gasteiger charge is 2.09. The Morgan fingerprint density at radius 1 is 1.50 bits per heavy atom. The second-order valence-corrected chi connectivity index (χ2v) is 4.58. The van der Waals surface area contributed by atoms with Gasteiger partial charge in [-0.25, -0.2) is 0 Å². The second-order valence-electron chi connectivity index (χ2n) is 4.58. The third-order valence-electron chi connectivity index (χ3n) is 2.65. The van der Waals surface area contributed by atoms with Crippen LogP contribution in [0.25, 0.3) is 0 Å². The van der Waals surface area contributed by atoms with Crippen molar-refractivity contribution in [2.45, 2.75) is 52.1 Å². The number of H-pyrrole nitrogens is 1. The number of hydrogen-bond donors (Lipinski definition) is 2. The van der Waals surface area contributed by atoms with Gasteiger partial charge in [0.25, 0.3) is 0 Å². The van der Waals surface area contributed by atoms with Crippen LogP contribution < -0.4 is 5.32 Å². The molecule has 0 radical (unpaired) electrons. The van der Waals surface area contributed by atoms with Gasteiger partial charge in [-0.05, 0) is 39.7 Å². The fourth-order valence-corrected chi connectivity index (χ4v) is 1.89. The van der Waals surface area contributed by atoms with E-state index in [1.54, 1.807) is 0 Å². The van der Waals surface area contributed by atoms with Gasteiger partial charge in [-0.2, -0.15) is 5.10 Å². The molecule has 3 heteroatoms. The molecule has 0 spiro atoms. The summed E-state index contributed by atoms with van der Waals surface area (Å²) in [5.41, 5.74) is 2.26. The van der Waals surface area contributed by atoms with Crippen molar-refractivity contribution < 1.29 is 0 Å². The van der Waals surface area contributed by atoms with E-state index in [4.69, 9.17) is 0 Å². The van der Waals surface area contributed by atoms with Crippen LogP contribution in [0.3, 0.4) is 0 Å². The van der Waals surface area contributed by atoms with Gasteiger partial charge in [0.1, 0.15) is 0 Å². The quantitative estimate of drug-likeness (QED) is 0.695. The van der Waals surface area contributed by atoms with Gasteiger partial charge in [-0.3, -0.25) is 5.10 Å². The first-order valence-corrected chi connectivity index (χ1v) is 5.99. The number of rotatable bonds is 7. The Hall–Kier alpha value is -1.09. The molecule has 2 unspecified atom stereocenters. The maximum Gasteiger partial charge on any atom is 0.0640 e. The van der Waals surface area contributed by atoms with Crippen LogP contribution in [0.1, 0.15) is 38.1 Å². The SMILES string of the molecule is C=CCCC(C)NC(C)Cc1cc(C)[nH]n1. The fourth-order valence-electron chi connectivity index (χ4n) is 1.89. The zero-order valence-electron chi connectivity index (χ0n) is 10.6. The molecule has 1 rings (SSSR count). The van der Waals surface area contributed by atoms with Crippen LogP contribution in [-0.4, -0.2) is 22.3 Å². The maximum absolute atomic E-state index is 4.24. The molecule has 0 aliphatic carbocycles. The summed E-state index contributed by atoms with van der Waals surface area (Å²) >= 11 is 0. The van der Waals surface area contributed by atoms with Crippen molar-refractivity contribution in [2.75, 3.05) is 0 Å². The van der Waals surface area contributed by atoms with Gasteiger partial charge in [0.05, 0.1) is 5.69 Å². The van der Waals surface area contributed by atoms with Gasteiger partial charge in [-0.15, -0.1) is 6.58 Å². The molecule has 0 bridgehead atoms. The van der Waals surface area contributed by atoms with E-state index < -0.39 is 0 Å². The lowest BCUT2D eigenvalue weighted by Gasteiger charge is -2.18. The van der Waals surface area contributed by atoms with Crippen molar-refractivity contribution in [3.8, 4) is 0 Å². The lowest BCUT2D eigenvalue weighted by molar-refractivity contribution is 0.444. The number of aromatic nitrogens is 2. The molecule has 0 aliphatic heterocycles. The summed E-state index contributed by atoms with van der Waals surface area (Å²) in [4.78, 5) is 0. The van der Waals surface area contributed by atoms with Crippen LogP contribution >= 0.6 is 0 Å². The average Bonchev–Trinajstić information content (AvgIpc) is 2.60. The van der Waals surface area contributed by atoms with Crippen LogP contribution in [0.4, 0.5) is 0 Å². The smallest absolute Gasteiger partial charge is 0.0640 e. The number of nitrogens with one attached hydrogen (secondary N) is 2. The monoisotopic (exact) mass is 221 g/mol. The Labute approximate surface area is 98.3 Å². The van der Waals surface area contributed by atoms with Gasteiger partial charge in [-0.1, -0.05) is 6.08 Å². The van der Waals surface area contributed by atoms with E-state index in [9.17, 15) is 0 Å². The molecule has 0 aliphatic rings. The van der Waals surface area contributed by atoms with Crippen LogP contribution in [0.15, 0.2) is 18.7 Å². The lowest BCUT2D eigenvalue weighted by Crippen LogP contribution is -2.35. The normalized spacial score (nSPS) is 14.7.